The van der Waals surface area contributed by atoms with Crippen LogP contribution in [-0.4, -0.2) is 17.6 Å². The molecular weight excluding hydrogens is 196 g/mol. The minimum atomic E-state index is 0.599. The summed E-state index contributed by atoms with van der Waals surface area (Å²) in [5.41, 5.74) is 1.38. The Labute approximate surface area is 99.5 Å². The van der Waals surface area contributed by atoms with Gasteiger partial charge in [0.05, 0.1) is 0 Å². The van der Waals surface area contributed by atoms with Gasteiger partial charge in [0, 0.05) is 18.4 Å². The first-order valence-electron chi connectivity index (χ1n) is 6.38. The van der Waals surface area contributed by atoms with Crippen LogP contribution < -0.4 is 5.32 Å². The van der Waals surface area contributed by atoms with Crippen LogP contribution in [0.15, 0.2) is 24.5 Å². The largest absolute Gasteiger partial charge is 0.314 e. The zero-order valence-corrected chi connectivity index (χ0v) is 10.7. The number of nitrogens with one attached hydrogen (secondary N) is 1. The smallest absolute Gasteiger partial charge is 0.0270 e. The molecule has 2 atom stereocenters. The van der Waals surface area contributed by atoms with Crippen molar-refractivity contribution in [2.45, 2.75) is 46.1 Å². The van der Waals surface area contributed by atoms with E-state index in [-0.39, 0.29) is 0 Å². The summed E-state index contributed by atoms with van der Waals surface area (Å²) in [6.07, 6.45) is 7.38. The molecule has 0 aliphatic carbocycles. The summed E-state index contributed by atoms with van der Waals surface area (Å²) in [6.45, 7) is 7.82. The summed E-state index contributed by atoms with van der Waals surface area (Å²) in [5, 5.41) is 3.58. The average molecular weight is 220 g/mol. The van der Waals surface area contributed by atoms with E-state index in [9.17, 15) is 0 Å². The molecule has 2 unspecified atom stereocenters. The molecular formula is C14H24N2. The van der Waals surface area contributed by atoms with Crippen LogP contribution in [0.3, 0.4) is 0 Å². The van der Waals surface area contributed by atoms with Gasteiger partial charge in [-0.1, -0.05) is 27.2 Å². The Morgan fingerprint density at radius 2 is 1.94 bits per heavy atom. The van der Waals surface area contributed by atoms with Crippen molar-refractivity contribution in [3.8, 4) is 0 Å². The van der Waals surface area contributed by atoms with E-state index in [1.807, 2.05) is 12.4 Å². The molecule has 0 fully saturated rings. The van der Waals surface area contributed by atoms with Gasteiger partial charge < -0.3 is 5.32 Å². The van der Waals surface area contributed by atoms with Crippen molar-refractivity contribution >= 4 is 0 Å². The maximum Gasteiger partial charge on any atom is 0.0270 e. The average Bonchev–Trinajstić information content (AvgIpc) is 2.30. The minimum Gasteiger partial charge on any atom is -0.314 e. The molecule has 2 heteroatoms. The zero-order valence-electron chi connectivity index (χ0n) is 10.7. The Bertz CT molecular complexity index is 271. The van der Waals surface area contributed by atoms with Crippen molar-refractivity contribution in [2.75, 3.05) is 6.54 Å². The molecule has 0 saturated heterocycles. The molecule has 1 heterocycles. The molecule has 0 aliphatic heterocycles. The highest BCUT2D eigenvalue weighted by Crippen LogP contribution is 2.13. The molecule has 2 nitrogen and oxygen atoms in total. The molecule has 0 saturated carbocycles. The van der Waals surface area contributed by atoms with E-state index < -0.39 is 0 Å². The van der Waals surface area contributed by atoms with Crippen molar-refractivity contribution in [2.24, 2.45) is 5.92 Å². The summed E-state index contributed by atoms with van der Waals surface area (Å²) >= 11 is 0. The standard InChI is InChI=1S/C14H24N2/c1-4-12(3)10-14(16-5-2)11-13-6-8-15-9-7-13/h6-9,12,14,16H,4-5,10-11H2,1-3H3. The highest BCUT2D eigenvalue weighted by atomic mass is 14.9. The number of hydrogen-bond donors (Lipinski definition) is 1. The Morgan fingerprint density at radius 1 is 1.25 bits per heavy atom. The van der Waals surface area contributed by atoms with Gasteiger partial charge in [-0.2, -0.15) is 0 Å². The quantitative estimate of drug-likeness (QED) is 0.764. The normalized spacial score (nSPS) is 14.7. The molecule has 1 aromatic heterocycles. The van der Waals surface area contributed by atoms with Gasteiger partial charge in [0.1, 0.15) is 0 Å². The van der Waals surface area contributed by atoms with E-state index in [0.717, 1.165) is 18.9 Å². The Hall–Kier alpha value is -0.890. The molecule has 0 radical (unpaired) electrons. The van der Waals surface area contributed by atoms with Gasteiger partial charge in [-0.05, 0) is 43.0 Å². The molecule has 1 aromatic rings. The molecule has 0 amide bonds. The van der Waals surface area contributed by atoms with Gasteiger partial charge in [-0.25, -0.2) is 0 Å². The zero-order chi connectivity index (χ0) is 11.8. The fourth-order valence-corrected chi connectivity index (χ4v) is 1.98. The van der Waals surface area contributed by atoms with Crippen LogP contribution in [0.4, 0.5) is 0 Å². The Kier molecular flexibility index (Phi) is 6.09. The highest BCUT2D eigenvalue weighted by molar-refractivity contribution is 5.11. The first-order chi connectivity index (χ1) is 7.76. The first kappa shape index (κ1) is 13.2. The van der Waals surface area contributed by atoms with Crippen molar-refractivity contribution in [1.82, 2.24) is 10.3 Å². The number of likely N-dealkylation sites (N-methyl/N-ethyl adjacent to an activating group) is 1. The third-order valence-electron chi connectivity index (χ3n) is 3.11. The highest BCUT2D eigenvalue weighted by Gasteiger charge is 2.11. The van der Waals surface area contributed by atoms with Crippen molar-refractivity contribution in [3.63, 3.8) is 0 Å². The summed E-state index contributed by atoms with van der Waals surface area (Å²) in [7, 11) is 0. The fourth-order valence-electron chi connectivity index (χ4n) is 1.98. The lowest BCUT2D eigenvalue weighted by Crippen LogP contribution is -2.32. The SMILES string of the molecule is CCNC(Cc1ccncc1)CC(C)CC. The molecule has 0 aromatic carbocycles. The van der Waals surface area contributed by atoms with Crippen LogP contribution in [-0.2, 0) is 6.42 Å². The van der Waals surface area contributed by atoms with Crippen LogP contribution in [0.5, 0.6) is 0 Å². The van der Waals surface area contributed by atoms with Crippen LogP contribution in [0.2, 0.25) is 0 Å². The molecule has 0 spiro atoms. The molecule has 1 N–H and O–H groups in total. The second kappa shape index (κ2) is 7.39. The predicted molar refractivity (Wildman–Crippen MR) is 69.5 cm³/mol. The molecule has 16 heavy (non-hydrogen) atoms. The topological polar surface area (TPSA) is 24.9 Å². The lowest BCUT2D eigenvalue weighted by atomic mass is 9.95. The summed E-state index contributed by atoms with van der Waals surface area (Å²) in [5.74, 6) is 0.797. The molecule has 0 aliphatic rings. The van der Waals surface area contributed by atoms with Gasteiger partial charge in [0.2, 0.25) is 0 Å². The minimum absolute atomic E-state index is 0.599. The maximum absolute atomic E-state index is 4.06. The monoisotopic (exact) mass is 220 g/mol. The van der Waals surface area contributed by atoms with E-state index in [2.05, 4.69) is 43.2 Å². The van der Waals surface area contributed by atoms with E-state index >= 15 is 0 Å². The molecule has 0 bridgehead atoms. The predicted octanol–water partition coefficient (Wildman–Crippen LogP) is 3.04. The second-order valence-corrected chi connectivity index (χ2v) is 4.56. The third kappa shape index (κ3) is 4.75. The summed E-state index contributed by atoms with van der Waals surface area (Å²) < 4.78 is 0. The molecule has 1 rings (SSSR count). The van der Waals surface area contributed by atoms with Gasteiger partial charge in [0.15, 0.2) is 0 Å². The number of pyridine rings is 1. The van der Waals surface area contributed by atoms with Crippen LogP contribution in [0.25, 0.3) is 0 Å². The lowest BCUT2D eigenvalue weighted by Gasteiger charge is -2.21. The van der Waals surface area contributed by atoms with Crippen LogP contribution in [0, 0.1) is 5.92 Å². The summed E-state index contributed by atoms with van der Waals surface area (Å²) in [4.78, 5) is 4.06. The fraction of sp³-hybridized carbons (Fsp3) is 0.643. The van der Waals surface area contributed by atoms with Crippen LogP contribution >= 0.6 is 0 Å². The number of nitrogens with zero attached hydrogens (tertiary/aromatic N) is 1. The van der Waals surface area contributed by atoms with E-state index in [1.54, 1.807) is 0 Å². The van der Waals surface area contributed by atoms with Gasteiger partial charge in [0.25, 0.3) is 0 Å². The van der Waals surface area contributed by atoms with Crippen molar-refractivity contribution < 1.29 is 0 Å². The van der Waals surface area contributed by atoms with Gasteiger partial charge in [-0.15, -0.1) is 0 Å². The van der Waals surface area contributed by atoms with Crippen LogP contribution in [0.1, 0.15) is 39.2 Å². The first-order valence-corrected chi connectivity index (χ1v) is 6.38. The Morgan fingerprint density at radius 3 is 2.50 bits per heavy atom. The van der Waals surface area contributed by atoms with Gasteiger partial charge >= 0.3 is 0 Å². The van der Waals surface area contributed by atoms with E-state index in [1.165, 1.54) is 18.4 Å². The number of aromatic nitrogens is 1. The number of hydrogen-bond acceptors (Lipinski definition) is 2. The van der Waals surface area contributed by atoms with E-state index in [0.29, 0.717) is 6.04 Å². The van der Waals surface area contributed by atoms with E-state index in [4.69, 9.17) is 0 Å². The maximum atomic E-state index is 4.06. The van der Waals surface area contributed by atoms with Gasteiger partial charge in [-0.3, -0.25) is 4.98 Å². The van der Waals surface area contributed by atoms with Crippen molar-refractivity contribution in [1.29, 1.82) is 0 Å². The summed E-state index contributed by atoms with van der Waals surface area (Å²) in [6, 6.07) is 4.82. The lowest BCUT2D eigenvalue weighted by molar-refractivity contribution is 0.397. The Balaban J connectivity index is 2.50. The van der Waals surface area contributed by atoms with Crippen molar-refractivity contribution in [3.05, 3.63) is 30.1 Å². The molecule has 90 valence electrons. The third-order valence-corrected chi connectivity index (χ3v) is 3.11. The number of rotatable bonds is 7. The second-order valence-electron chi connectivity index (χ2n) is 4.56.